The number of carbonyl (C=O) groups excluding carboxylic acids is 2. The van der Waals surface area contributed by atoms with Crippen molar-refractivity contribution in [1.82, 2.24) is 10.3 Å². The Morgan fingerprint density at radius 3 is 2.59 bits per heavy atom. The molecule has 0 atom stereocenters. The number of para-hydroxylation sites is 1. The first-order valence-corrected chi connectivity index (χ1v) is 10.2. The van der Waals surface area contributed by atoms with Crippen LogP contribution in [0.2, 0.25) is 0 Å². The van der Waals surface area contributed by atoms with E-state index in [1.54, 1.807) is 0 Å². The number of fused-ring (bicyclic) bond motifs is 1. The summed E-state index contributed by atoms with van der Waals surface area (Å²) in [5.74, 6) is -0.568. The van der Waals surface area contributed by atoms with E-state index in [1.807, 2.05) is 42.6 Å². The zero-order valence-corrected chi connectivity index (χ0v) is 16.4. The van der Waals surface area contributed by atoms with Crippen molar-refractivity contribution in [3.05, 3.63) is 71.9 Å². The number of esters is 1. The van der Waals surface area contributed by atoms with Crippen molar-refractivity contribution in [2.24, 2.45) is 0 Å². The van der Waals surface area contributed by atoms with Gasteiger partial charge in [0.25, 0.3) is 5.91 Å². The average molecular weight is 390 g/mol. The number of hydrogen-bond donors (Lipinski definition) is 2. The molecule has 1 aliphatic carbocycles. The van der Waals surface area contributed by atoms with Gasteiger partial charge in [-0.3, -0.25) is 9.59 Å². The Kier molecular flexibility index (Phi) is 5.65. The lowest BCUT2D eigenvalue weighted by Crippen LogP contribution is -2.35. The molecule has 0 bridgehead atoms. The van der Waals surface area contributed by atoms with E-state index >= 15 is 0 Å². The van der Waals surface area contributed by atoms with E-state index in [2.05, 4.69) is 28.5 Å². The van der Waals surface area contributed by atoms with Gasteiger partial charge >= 0.3 is 5.97 Å². The first kappa shape index (κ1) is 19.2. The van der Waals surface area contributed by atoms with Crippen LogP contribution in [-0.4, -0.2) is 30.0 Å². The monoisotopic (exact) mass is 390 g/mol. The minimum atomic E-state index is -0.329. The smallest absolute Gasteiger partial charge is 0.306 e. The number of carbonyl (C=O) groups is 2. The van der Waals surface area contributed by atoms with E-state index in [0.29, 0.717) is 19.4 Å². The highest BCUT2D eigenvalue weighted by Crippen LogP contribution is 2.47. The highest BCUT2D eigenvalue weighted by Gasteiger charge is 2.44. The number of aryl methyl sites for hydroxylation is 1. The van der Waals surface area contributed by atoms with Crippen LogP contribution >= 0.6 is 0 Å². The number of rotatable bonds is 9. The average Bonchev–Trinajstić information content (AvgIpc) is 3.45. The quantitative estimate of drug-likeness (QED) is 0.545. The molecule has 1 amide bonds. The summed E-state index contributed by atoms with van der Waals surface area (Å²) in [4.78, 5) is 27.3. The number of H-pyrrole nitrogens is 1. The van der Waals surface area contributed by atoms with Crippen LogP contribution in [0.4, 0.5) is 0 Å². The lowest BCUT2D eigenvalue weighted by Gasteiger charge is -2.16. The van der Waals surface area contributed by atoms with E-state index in [4.69, 9.17) is 4.74 Å². The lowest BCUT2D eigenvalue weighted by molar-refractivity contribution is -0.148. The van der Waals surface area contributed by atoms with Crippen molar-refractivity contribution in [3.63, 3.8) is 0 Å². The molecule has 4 rings (SSSR count). The fourth-order valence-electron chi connectivity index (χ4n) is 3.81. The third-order valence-electron chi connectivity index (χ3n) is 5.73. The van der Waals surface area contributed by atoms with Gasteiger partial charge < -0.3 is 15.0 Å². The predicted molar refractivity (Wildman–Crippen MR) is 113 cm³/mol. The lowest BCUT2D eigenvalue weighted by atomic mass is 9.96. The number of aromatic nitrogens is 1. The second-order valence-corrected chi connectivity index (χ2v) is 7.80. The minimum absolute atomic E-state index is 0.0558. The van der Waals surface area contributed by atoms with Gasteiger partial charge in [0.15, 0.2) is 6.61 Å². The van der Waals surface area contributed by atoms with Crippen LogP contribution in [0.5, 0.6) is 0 Å². The van der Waals surface area contributed by atoms with Crippen LogP contribution < -0.4 is 5.32 Å². The highest BCUT2D eigenvalue weighted by molar-refractivity contribution is 5.83. The van der Waals surface area contributed by atoms with Crippen LogP contribution in [0.25, 0.3) is 10.9 Å². The molecule has 1 aliphatic rings. The maximum atomic E-state index is 12.1. The van der Waals surface area contributed by atoms with Gasteiger partial charge in [-0.25, -0.2) is 0 Å². The standard InChI is InChI=1S/C24H26N2O3/c27-22(26-17-24(13-14-24)19-8-2-1-3-9-19)16-29-23(28)12-6-7-18-15-25-21-11-5-4-10-20(18)21/h1-5,8-11,15,25H,6-7,12-14,16-17H2,(H,26,27). The topological polar surface area (TPSA) is 71.2 Å². The van der Waals surface area contributed by atoms with Gasteiger partial charge in [0, 0.05) is 35.5 Å². The van der Waals surface area contributed by atoms with Gasteiger partial charge in [0.2, 0.25) is 0 Å². The minimum Gasteiger partial charge on any atom is -0.456 e. The summed E-state index contributed by atoms with van der Waals surface area (Å²) in [5, 5.41) is 4.11. The molecule has 0 spiro atoms. The van der Waals surface area contributed by atoms with Crippen LogP contribution in [0.3, 0.4) is 0 Å². The van der Waals surface area contributed by atoms with Gasteiger partial charge in [-0.2, -0.15) is 0 Å². The van der Waals surface area contributed by atoms with E-state index < -0.39 is 0 Å². The zero-order valence-electron chi connectivity index (χ0n) is 16.4. The first-order valence-electron chi connectivity index (χ1n) is 10.2. The predicted octanol–water partition coefficient (Wildman–Crippen LogP) is 3.88. The number of ether oxygens (including phenoxy) is 1. The Morgan fingerprint density at radius 1 is 1.03 bits per heavy atom. The first-order chi connectivity index (χ1) is 14.2. The summed E-state index contributed by atoms with van der Waals surface area (Å²) in [7, 11) is 0. The molecule has 1 aromatic heterocycles. The molecule has 1 saturated carbocycles. The Morgan fingerprint density at radius 2 is 1.79 bits per heavy atom. The van der Waals surface area contributed by atoms with Gasteiger partial charge in [-0.1, -0.05) is 48.5 Å². The number of amides is 1. The fourth-order valence-corrected chi connectivity index (χ4v) is 3.81. The van der Waals surface area contributed by atoms with E-state index in [0.717, 1.165) is 24.8 Å². The second-order valence-electron chi connectivity index (χ2n) is 7.80. The Balaban J connectivity index is 1.16. The Hall–Kier alpha value is -3.08. The van der Waals surface area contributed by atoms with Gasteiger partial charge in [0.1, 0.15) is 0 Å². The molecule has 0 radical (unpaired) electrons. The Bertz CT molecular complexity index is 990. The number of nitrogens with one attached hydrogen (secondary N) is 2. The third kappa shape index (κ3) is 4.67. The molecule has 1 heterocycles. The molecular weight excluding hydrogens is 364 g/mol. The number of hydrogen-bond acceptors (Lipinski definition) is 3. The molecule has 3 aromatic rings. The molecule has 1 fully saturated rings. The van der Waals surface area contributed by atoms with Gasteiger partial charge in [0.05, 0.1) is 0 Å². The summed E-state index contributed by atoms with van der Waals surface area (Å²) in [6.45, 7) is 0.380. The normalized spacial score (nSPS) is 14.5. The maximum Gasteiger partial charge on any atom is 0.306 e. The van der Waals surface area contributed by atoms with E-state index in [1.165, 1.54) is 16.5 Å². The van der Waals surface area contributed by atoms with Crippen molar-refractivity contribution in [2.75, 3.05) is 13.2 Å². The highest BCUT2D eigenvalue weighted by atomic mass is 16.5. The summed E-state index contributed by atoms with van der Waals surface area (Å²) >= 11 is 0. The van der Waals surface area contributed by atoms with Crippen molar-refractivity contribution in [2.45, 2.75) is 37.5 Å². The van der Waals surface area contributed by atoms with Crippen LogP contribution in [0.1, 0.15) is 36.8 Å². The van der Waals surface area contributed by atoms with Gasteiger partial charge in [-0.15, -0.1) is 0 Å². The molecule has 0 unspecified atom stereocenters. The van der Waals surface area contributed by atoms with Crippen LogP contribution in [0, 0.1) is 0 Å². The van der Waals surface area contributed by atoms with Crippen molar-refractivity contribution < 1.29 is 14.3 Å². The van der Waals surface area contributed by atoms with Crippen molar-refractivity contribution in [1.29, 1.82) is 0 Å². The summed E-state index contributed by atoms with van der Waals surface area (Å²) in [5.41, 5.74) is 3.61. The fraction of sp³-hybridized carbons (Fsp3) is 0.333. The molecule has 5 nitrogen and oxygen atoms in total. The number of aromatic amines is 1. The Labute approximate surface area is 170 Å². The molecular formula is C24H26N2O3. The summed E-state index contributed by atoms with van der Waals surface area (Å²) in [6.07, 6.45) is 5.94. The maximum absolute atomic E-state index is 12.1. The number of benzene rings is 2. The van der Waals surface area contributed by atoms with Crippen LogP contribution in [-0.2, 0) is 26.2 Å². The molecule has 2 N–H and O–H groups in total. The molecule has 150 valence electrons. The van der Waals surface area contributed by atoms with Crippen LogP contribution in [0.15, 0.2) is 60.8 Å². The molecule has 29 heavy (non-hydrogen) atoms. The van der Waals surface area contributed by atoms with Gasteiger partial charge in [-0.05, 0) is 42.9 Å². The SMILES string of the molecule is O=C(COC(=O)CCCc1c[nH]c2ccccc12)NCC1(c2ccccc2)CC1. The molecule has 2 aromatic carbocycles. The second kappa shape index (κ2) is 8.52. The third-order valence-corrected chi connectivity index (χ3v) is 5.73. The van der Waals surface area contributed by atoms with E-state index in [9.17, 15) is 9.59 Å². The molecule has 0 saturated heterocycles. The molecule has 0 aliphatic heterocycles. The van der Waals surface area contributed by atoms with Crippen molar-refractivity contribution >= 4 is 22.8 Å². The largest absolute Gasteiger partial charge is 0.456 e. The zero-order chi connectivity index (χ0) is 20.1. The van der Waals surface area contributed by atoms with Crippen molar-refractivity contribution in [3.8, 4) is 0 Å². The summed E-state index contributed by atoms with van der Waals surface area (Å²) < 4.78 is 5.14. The van der Waals surface area contributed by atoms with E-state index in [-0.39, 0.29) is 23.9 Å². The summed E-state index contributed by atoms with van der Waals surface area (Å²) in [6, 6.07) is 18.4. The molecule has 5 heteroatoms.